The van der Waals surface area contributed by atoms with Gasteiger partial charge in [-0.15, -0.1) is 11.3 Å². The molecule has 21 heavy (non-hydrogen) atoms. The van der Waals surface area contributed by atoms with Crippen LogP contribution < -0.4 is 4.74 Å². The van der Waals surface area contributed by atoms with E-state index in [1.165, 1.54) is 11.3 Å². The Morgan fingerprint density at radius 1 is 1.43 bits per heavy atom. The fourth-order valence-corrected chi connectivity index (χ4v) is 2.30. The normalized spacial score (nSPS) is 10.4. The molecule has 0 saturated heterocycles. The topological polar surface area (TPSA) is 52.3 Å². The summed E-state index contributed by atoms with van der Waals surface area (Å²) in [5.41, 5.74) is 2.18. The van der Waals surface area contributed by atoms with Gasteiger partial charge in [-0.25, -0.2) is 13.9 Å². The Kier molecular flexibility index (Phi) is 3.79. The summed E-state index contributed by atoms with van der Waals surface area (Å²) < 4.78 is 19.5. The second kappa shape index (κ2) is 5.89. The molecule has 0 spiro atoms. The molecule has 5 nitrogen and oxygen atoms in total. The number of aryl methyl sites for hydroxylation is 1. The van der Waals surface area contributed by atoms with Gasteiger partial charge in [0.25, 0.3) is 0 Å². The highest BCUT2D eigenvalue weighted by Gasteiger charge is 2.01. The number of rotatable bonds is 3. The summed E-state index contributed by atoms with van der Waals surface area (Å²) in [6, 6.07) is 3.59. The van der Waals surface area contributed by atoms with Crippen molar-refractivity contribution in [3.05, 3.63) is 40.1 Å². The maximum atomic E-state index is 12.3. The summed E-state index contributed by atoms with van der Waals surface area (Å²) in [5, 5.41) is 6.39. The van der Waals surface area contributed by atoms with E-state index in [1.807, 2.05) is 13.0 Å². The minimum Gasteiger partial charge on any atom is -0.464 e. The Balaban J connectivity index is 1.63. The fourth-order valence-electron chi connectivity index (χ4n) is 1.73. The third kappa shape index (κ3) is 3.17. The highest BCUT2D eigenvalue weighted by molar-refractivity contribution is 7.09. The molecule has 0 bridgehead atoms. The Bertz CT molecular complexity index is 830. The average molecular weight is 302 g/mol. The van der Waals surface area contributed by atoms with Gasteiger partial charge < -0.3 is 4.74 Å². The molecule has 0 amide bonds. The van der Waals surface area contributed by atoms with Gasteiger partial charge in [0.15, 0.2) is 12.3 Å². The van der Waals surface area contributed by atoms with Crippen molar-refractivity contribution in [3.8, 4) is 17.7 Å². The van der Waals surface area contributed by atoms with E-state index in [0.717, 1.165) is 11.3 Å². The third-order valence-electron chi connectivity index (χ3n) is 2.60. The van der Waals surface area contributed by atoms with Crippen molar-refractivity contribution < 1.29 is 9.13 Å². The largest absolute Gasteiger partial charge is 0.464 e. The molecule has 3 aromatic heterocycles. The lowest BCUT2D eigenvalue weighted by atomic mass is 10.5. The predicted molar refractivity (Wildman–Crippen MR) is 77.0 cm³/mol. The summed E-state index contributed by atoms with van der Waals surface area (Å²) in [5.74, 6) is 6.14. The fraction of sp³-hybridized carbons (Fsp3) is 0.214. The molecule has 0 saturated carbocycles. The van der Waals surface area contributed by atoms with Crippen LogP contribution in [0.3, 0.4) is 0 Å². The zero-order valence-corrected chi connectivity index (χ0v) is 12.0. The summed E-state index contributed by atoms with van der Waals surface area (Å²) in [7, 11) is 0. The van der Waals surface area contributed by atoms with E-state index in [9.17, 15) is 4.39 Å². The van der Waals surface area contributed by atoms with Gasteiger partial charge in [-0.2, -0.15) is 10.1 Å². The van der Waals surface area contributed by atoms with Crippen LogP contribution in [0.25, 0.3) is 5.65 Å². The van der Waals surface area contributed by atoms with Crippen LogP contribution in [0.5, 0.6) is 5.88 Å². The smallest absolute Gasteiger partial charge is 0.217 e. The third-order valence-corrected chi connectivity index (χ3v) is 3.41. The SMILES string of the molecule is Cc1cc2nc(OCC#Cc3csc(CF)n3)ccn2n1. The van der Waals surface area contributed by atoms with E-state index >= 15 is 0 Å². The van der Waals surface area contributed by atoms with Gasteiger partial charge in [-0.05, 0) is 12.8 Å². The van der Waals surface area contributed by atoms with Gasteiger partial charge in [0.2, 0.25) is 5.88 Å². The van der Waals surface area contributed by atoms with E-state index in [1.54, 1.807) is 22.2 Å². The minimum atomic E-state index is -0.558. The molecule has 7 heteroatoms. The van der Waals surface area contributed by atoms with Crippen LogP contribution in [0, 0.1) is 18.8 Å². The van der Waals surface area contributed by atoms with Crippen molar-refractivity contribution in [1.29, 1.82) is 0 Å². The van der Waals surface area contributed by atoms with Crippen LogP contribution in [0.1, 0.15) is 16.4 Å². The summed E-state index contributed by atoms with van der Waals surface area (Å²) in [4.78, 5) is 8.31. The summed E-state index contributed by atoms with van der Waals surface area (Å²) in [6.07, 6.45) is 1.78. The van der Waals surface area contributed by atoms with Gasteiger partial charge in [0.1, 0.15) is 17.4 Å². The van der Waals surface area contributed by atoms with Crippen molar-refractivity contribution in [2.24, 2.45) is 0 Å². The number of nitrogens with zero attached hydrogens (tertiary/aromatic N) is 4. The Hall–Kier alpha value is -2.46. The Labute approximate surface area is 124 Å². The molecule has 0 radical (unpaired) electrons. The lowest BCUT2D eigenvalue weighted by Crippen LogP contribution is -1.98. The predicted octanol–water partition coefficient (Wildman–Crippen LogP) is 2.39. The number of hydrogen-bond donors (Lipinski definition) is 0. The van der Waals surface area contributed by atoms with Crippen molar-refractivity contribution in [2.75, 3.05) is 6.61 Å². The van der Waals surface area contributed by atoms with Crippen LogP contribution in [0.4, 0.5) is 4.39 Å². The zero-order valence-electron chi connectivity index (χ0n) is 11.2. The first-order valence-electron chi connectivity index (χ1n) is 6.19. The maximum Gasteiger partial charge on any atom is 0.217 e. The molecular formula is C14H11FN4OS. The van der Waals surface area contributed by atoms with Gasteiger partial charge in [0.05, 0.1) is 5.69 Å². The van der Waals surface area contributed by atoms with E-state index < -0.39 is 6.67 Å². The number of ether oxygens (including phenoxy) is 1. The van der Waals surface area contributed by atoms with Crippen molar-refractivity contribution in [2.45, 2.75) is 13.6 Å². The standard InChI is InChI=1S/C14H11FN4OS/c1-10-7-12-17-13(4-5-19(12)18-10)20-6-2-3-11-9-21-14(8-15)16-11/h4-5,7,9H,6,8H2,1H3. The second-order valence-electron chi connectivity index (χ2n) is 4.20. The Morgan fingerprint density at radius 3 is 3.14 bits per heavy atom. The van der Waals surface area contributed by atoms with E-state index in [2.05, 4.69) is 26.9 Å². The molecule has 0 aromatic carbocycles. The maximum absolute atomic E-state index is 12.3. The highest BCUT2D eigenvalue weighted by atomic mass is 32.1. The van der Waals surface area contributed by atoms with Gasteiger partial charge >= 0.3 is 0 Å². The van der Waals surface area contributed by atoms with Gasteiger partial charge in [0, 0.05) is 23.7 Å². The monoisotopic (exact) mass is 302 g/mol. The van der Waals surface area contributed by atoms with Gasteiger partial charge in [-0.3, -0.25) is 0 Å². The van der Waals surface area contributed by atoms with E-state index in [4.69, 9.17) is 4.74 Å². The average Bonchev–Trinajstić information content (AvgIpc) is 3.08. The molecule has 0 unspecified atom stereocenters. The molecule has 3 rings (SSSR count). The van der Waals surface area contributed by atoms with E-state index in [0.29, 0.717) is 16.6 Å². The molecule has 0 aliphatic carbocycles. The molecular weight excluding hydrogens is 291 g/mol. The second-order valence-corrected chi connectivity index (χ2v) is 5.15. The van der Waals surface area contributed by atoms with E-state index in [-0.39, 0.29) is 6.61 Å². The first-order chi connectivity index (χ1) is 10.2. The van der Waals surface area contributed by atoms with Crippen LogP contribution in [-0.2, 0) is 6.67 Å². The summed E-state index contributed by atoms with van der Waals surface area (Å²) >= 11 is 1.26. The first-order valence-corrected chi connectivity index (χ1v) is 7.07. The number of fused-ring (bicyclic) bond motifs is 1. The van der Waals surface area contributed by atoms with Gasteiger partial charge in [-0.1, -0.05) is 5.92 Å². The minimum absolute atomic E-state index is 0.193. The van der Waals surface area contributed by atoms with Crippen molar-refractivity contribution >= 4 is 17.0 Å². The molecule has 3 heterocycles. The summed E-state index contributed by atoms with van der Waals surface area (Å²) in [6.45, 7) is 1.54. The molecule has 0 aliphatic heterocycles. The highest BCUT2D eigenvalue weighted by Crippen LogP contribution is 2.11. The van der Waals surface area contributed by atoms with Crippen LogP contribution in [0.2, 0.25) is 0 Å². The number of aromatic nitrogens is 4. The van der Waals surface area contributed by atoms with Crippen molar-refractivity contribution in [1.82, 2.24) is 19.6 Å². The molecule has 0 fully saturated rings. The molecule has 106 valence electrons. The van der Waals surface area contributed by atoms with Crippen molar-refractivity contribution in [3.63, 3.8) is 0 Å². The lowest BCUT2D eigenvalue weighted by Gasteiger charge is -2.00. The van der Waals surface area contributed by atoms with Crippen LogP contribution in [-0.4, -0.2) is 26.2 Å². The number of thiazole rings is 1. The zero-order chi connectivity index (χ0) is 14.7. The number of hydrogen-bond acceptors (Lipinski definition) is 5. The molecule has 0 N–H and O–H groups in total. The first kappa shape index (κ1) is 13.5. The Morgan fingerprint density at radius 2 is 2.33 bits per heavy atom. The van der Waals surface area contributed by atoms with Crippen LogP contribution in [0.15, 0.2) is 23.7 Å². The quantitative estimate of drug-likeness (QED) is 0.697. The lowest BCUT2D eigenvalue weighted by molar-refractivity contribution is 0.355. The molecule has 0 atom stereocenters. The van der Waals surface area contributed by atoms with Crippen LogP contribution >= 0.6 is 11.3 Å². The number of halogens is 1. The molecule has 0 aliphatic rings. The number of alkyl halides is 1. The molecule has 3 aromatic rings.